The van der Waals surface area contributed by atoms with Gasteiger partial charge in [-0.25, -0.2) is 15.0 Å². The van der Waals surface area contributed by atoms with Gasteiger partial charge in [-0.2, -0.15) is 0 Å². The number of benzene rings is 9. The van der Waals surface area contributed by atoms with Crippen LogP contribution in [0.25, 0.3) is 111 Å². The summed E-state index contributed by atoms with van der Waals surface area (Å²) in [6, 6.07) is 67.5. The predicted molar refractivity (Wildman–Crippen MR) is 267 cm³/mol. The van der Waals surface area contributed by atoms with Crippen LogP contribution in [-0.4, -0.2) is 15.0 Å². The molecule has 0 atom stereocenters. The van der Waals surface area contributed by atoms with Crippen molar-refractivity contribution < 1.29 is 4.42 Å². The van der Waals surface area contributed by atoms with Crippen molar-refractivity contribution in [2.24, 2.45) is 0 Å². The maximum atomic E-state index is 6.65. The van der Waals surface area contributed by atoms with Crippen LogP contribution in [0.5, 0.6) is 0 Å². The lowest BCUT2D eigenvalue weighted by molar-refractivity contribution is 0.660. The lowest BCUT2D eigenvalue weighted by Crippen LogP contribution is -2.15. The van der Waals surface area contributed by atoms with Crippen molar-refractivity contribution in [3.8, 4) is 78.7 Å². The molecule has 308 valence electrons. The van der Waals surface area contributed by atoms with E-state index in [1.165, 1.54) is 55.3 Å². The summed E-state index contributed by atoms with van der Waals surface area (Å²) in [5, 5.41) is 4.68. The van der Waals surface area contributed by atoms with Gasteiger partial charge in [0.15, 0.2) is 17.5 Å². The van der Waals surface area contributed by atoms with Gasteiger partial charge in [0.1, 0.15) is 11.2 Å². The average molecular weight is 834 g/mol. The normalized spacial score (nSPS) is 14.1. The van der Waals surface area contributed by atoms with Crippen LogP contribution in [0.4, 0.5) is 0 Å². The van der Waals surface area contributed by atoms with E-state index in [1.807, 2.05) is 0 Å². The average Bonchev–Trinajstić information content (AvgIpc) is 3.94. The molecular formula is C61H43N3O. The van der Waals surface area contributed by atoms with Gasteiger partial charge in [-0.05, 0) is 102 Å². The molecular weight excluding hydrogens is 791 g/mol. The van der Waals surface area contributed by atoms with E-state index in [0.29, 0.717) is 17.5 Å². The molecule has 2 heterocycles. The van der Waals surface area contributed by atoms with Gasteiger partial charge >= 0.3 is 0 Å². The van der Waals surface area contributed by atoms with Gasteiger partial charge in [-0.15, -0.1) is 0 Å². The highest BCUT2D eigenvalue weighted by atomic mass is 16.3. The zero-order valence-electron chi connectivity index (χ0n) is 36.6. The molecule has 0 radical (unpaired) electrons. The molecule has 0 aliphatic heterocycles. The Bertz CT molecular complexity index is 3670. The Balaban J connectivity index is 0.937. The summed E-state index contributed by atoms with van der Waals surface area (Å²) in [6.07, 6.45) is 0. The second-order valence-corrected chi connectivity index (χ2v) is 18.8. The number of para-hydroxylation sites is 1. The summed E-state index contributed by atoms with van der Waals surface area (Å²) in [5.41, 5.74) is 19.0. The molecule has 0 saturated carbocycles. The van der Waals surface area contributed by atoms with Gasteiger partial charge in [0.05, 0.1) is 0 Å². The fourth-order valence-corrected chi connectivity index (χ4v) is 10.9. The largest absolute Gasteiger partial charge is 0.455 e. The van der Waals surface area contributed by atoms with E-state index in [1.54, 1.807) is 0 Å². The summed E-state index contributed by atoms with van der Waals surface area (Å²) in [7, 11) is 0. The number of nitrogens with zero attached hydrogens (tertiary/aromatic N) is 3. The maximum absolute atomic E-state index is 6.65. The minimum absolute atomic E-state index is 0.158. The van der Waals surface area contributed by atoms with E-state index in [9.17, 15) is 0 Å². The van der Waals surface area contributed by atoms with Crippen molar-refractivity contribution in [1.29, 1.82) is 0 Å². The lowest BCUT2D eigenvalue weighted by Gasteiger charge is -2.22. The molecule has 2 aromatic heterocycles. The third-order valence-corrected chi connectivity index (χ3v) is 14.3. The fraction of sp³-hybridized carbons (Fsp3) is 0.0984. The molecule has 13 rings (SSSR count). The fourth-order valence-electron chi connectivity index (χ4n) is 10.9. The Kier molecular flexibility index (Phi) is 7.97. The van der Waals surface area contributed by atoms with E-state index in [0.717, 1.165) is 60.9 Å². The third kappa shape index (κ3) is 5.66. The van der Waals surface area contributed by atoms with Crippen LogP contribution in [0.2, 0.25) is 0 Å². The van der Waals surface area contributed by atoms with E-state index >= 15 is 0 Å². The Morgan fingerprint density at radius 2 is 0.800 bits per heavy atom. The molecule has 0 unspecified atom stereocenters. The molecule has 0 fully saturated rings. The zero-order valence-corrected chi connectivity index (χ0v) is 36.6. The Morgan fingerprint density at radius 1 is 0.338 bits per heavy atom. The molecule has 9 aromatic carbocycles. The standard InChI is InChI=1S/C61H43N3O/c1-60(2)50-24-9-7-20-45(50)47-29-26-41(34-52(47)60)58-62-57(63-59(64-58)42-27-30-48-46-21-8-10-25-51(46)61(3,4)53(48)35-42)40-18-12-16-38(33-40)37-15-11-17-39(32-37)44-22-13-23-49-55-43-19-6-5-14-36(43)28-31-54(55)65-56(44)49/h5-35H,1-4H3. The van der Waals surface area contributed by atoms with E-state index < -0.39 is 0 Å². The summed E-state index contributed by atoms with van der Waals surface area (Å²) in [5.74, 6) is 1.94. The van der Waals surface area contributed by atoms with Crippen LogP contribution in [0.3, 0.4) is 0 Å². The van der Waals surface area contributed by atoms with Gasteiger partial charge in [0.25, 0.3) is 0 Å². The quantitative estimate of drug-likeness (QED) is 0.173. The molecule has 65 heavy (non-hydrogen) atoms. The summed E-state index contributed by atoms with van der Waals surface area (Å²) < 4.78 is 6.65. The van der Waals surface area contributed by atoms with Crippen LogP contribution in [0.15, 0.2) is 192 Å². The Morgan fingerprint density at radius 3 is 1.43 bits per heavy atom. The molecule has 0 spiro atoms. The lowest BCUT2D eigenvalue weighted by atomic mass is 9.82. The van der Waals surface area contributed by atoms with Crippen molar-refractivity contribution in [2.75, 3.05) is 0 Å². The topological polar surface area (TPSA) is 51.8 Å². The molecule has 4 nitrogen and oxygen atoms in total. The second-order valence-electron chi connectivity index (χ2n) is 18.8. The zero-order chi connectivity index (χ0) is 43.6. The predicted octanol–water partition coefficient (Wildman–Crippen LogP) is 15.9. The van der Waals surface area contributed by atoms with Gasteiger partial charge in [0, 0.05) is 43.9 Å². The number of aromatic nitrogens is 3. The summed E-state index contributed by atoms with van der Waals surface area (Å²) in [4.78, 5) is 15.9. The number of rotatable bonds is 5. The SMILES string of the molecule is CC1(C)c2ccccc2-c2ccc(-c3nc(-c4cccc(-c5cccc(-c6cccc7c6oc6ccc8ccccc8c67)c5)c4)nc(-c4ccc5c(c4)C(C)(C)c4ccccc4-5)n3)cc21. The molecule has 2 aliphatic carbocycles. The highest BCUT2D eigenvalue weighted by Crippen LogP contribution is 2.51. The van der Waals surface area contributed by atoms with Crippen molar-refractivity contribution >= 4 is 32.7 Å². The van der Waals surface area contributed by atoms with Crippen molar-refractivity contribution in [3.05, 3.63) is 210 Å². The first-order valence-corrected chi connectivity index (χ1v) is 22.5. The number of hydrogen-bond donors (Lipinski definition) is 0. The molecule has 2 aliphatic rings. The Labute approximate surface area is 378 Å². The van der Waals surface area contributed by atoms with Crippen LogP contribution >= 0.6 is 0 Å². The maximum Gasteiger partial charge on any atom is 0.164 e. The first kappa shape index (κ1) is 37.6. The smallest absolute Gasteiger partial charge is 0.164 e. The number of fused-ring (bicyclic) bond motifs is 11. The van der Waals surface area contributed by atoms with E-state index in [-0.39, 0.29) is 10.8 Å². The van der Waals surface area contributed by atoms with Crippen molar-refractivity contribution in [3.63, 3.8) is 0 Å². The van der Waals surface area contributed by atoms with E-state index in [2.05, 4.69) is 216 Å². The first-order valence-electron chi connectivity index (χ1n) is 22.5. The van der Waals surface area contributed by atoms with Crippen molar-refractivity contribution in [2.45, 2.75) is 38.5 Å². The second kappa shape index (κ2) is 13.8. The van der Waals surface area contributed by atoms with Gasteiger partial charge < -0.3 is 4.42 Å². The highest BCUT2D eigenvalue weighted by molar-refractivity contribution is 6.20. The van der Waals surface area contributed by atoms with Gasteiger partial charge in [0.2, 0.25) is 0 Å². The minimum atomic E-state index is -0.158. The van der Waals surface area contributed by atoms with Crippen LogP contribution in [0.1, 0.15) is 49.9 Å². The third-order valence-electron chi connectivity index (χ3n) is 14.3. The molecule has 11 aromatic rings. The summed E-state index contributed by atoms with van der Waals surface area (Å²) >= 11 is 0. The molecule has 4 heteroatoms. The Hall–Kier alpha value is -7.95. The monoisotopic (exact) mass is 833 g/mol. The van der Waals surface area contributed by atoms with Crippen LogP contribution in [0, 0.1) is 0 Å². The van der Waals surface area contributed by atoms with Gasteiger partial charge in [-0.1, -0.05) is 185 Å². The first-order chi connectivity index (χ1) is 31.7. The number of furan rings is 1. The molecule has 0 amide bonds. The minimum Gasteiger partial charge on any atom is -0.455 e. The summed E-state index contributed by atoms with van der Waals surface area (Å²) in [6.45, 7) is 9.26. The molecule has 0 saturated heterocycles. The molecule has 0 N–H and O–H groups in total. The van der Waals surface area contributed by atoms with Crippen LogP contribution in [-0.2, 0) is 10.8 Å². The molecule has 0 bridgehead atoms. The van der Waals surface area contributed by atoms with Crippen molar-refractivity contribution in [1.82, 2.24) is 15.0 Å². The van der Waals surface area contributed by atoms with E-state index in [4.69, 9.17) is 19.4 Å². The van der Waals surface area contributed by atoms with Gasteiger partial charge in [-0.3, -0.25) is 0 Å². The van der Waals surface area contributed by atoms with Crippen LogP contribution < -0.4 is 0 Å². The highest BCUT2D eigenvalue weighted by Gasteiger charge is 2.37. The number of hydrogen-bond acceptors (Lipinski definition) is 4.